The van der Waals surface area contributed by atoms with Gasteiger partial charge in [0.2, 0.25) is 10.0 Å². The van der Waals surface area contributed by atoms with Crippen LogP contribution in [0.3, 0.4) is 0 Å². The molecule has 1 aromatic carbocycles. The molecule has 0 aromatic heterocycles. The Kier molecular flexibility index (Phi) is 7.53. The molecule has 0 unspecified atom stereocenters. The Hall–Kier alpha value is -1.27. The van der Waals surface area contributed by atoms with Gasteiger partial charge in [0, 0.05) is 12.2 Å². The standard InChI is InChI=1S/C15H26N2O3S/c1-3-4-5-6-7-8-11-17-21(18,19)15-12-13(16)9-10-14(15)20-2/h9-10,12,17H,3-8,11,16H2,1-2H3. The van der Waals surface area contributed by atoms with Crippen LogP contribution in [0.2, 0.25) is 0 Å². The fraction of sp³-hybridized carbons (Fsp3) is 0.600. The molecule has 1 aromatic rings. The number of hydrogen-bond acceptors (Lipinski definition) is 4. The maximum absolute atomic E-state index is 12.3. The number of methoxy groups -OCH3 is 1. The molecule has 3 N–H and O–H groups in total. The van der Waals surface area contributed by atoms with E-state index in [4.69, 9.17) is 10.5 Å². The largest absolute Gasteiger partial charge is 0.495 e. The van der Waals surface area contributed by atoms with Gasteiger partial charge >= 0.3 is 0 Å². The molecule has 0 aliphatic carbocycles. The third-order valence-corrected chi connectivity index (χ3v) is 4.78. The lowest BCUT2D eigenvalue weighted by atomic mass is 10.1. The third-order valence-electron chi connectivity index (χ3n) is 3.30. The van der Waals surface area contributed by atoms with Crippen molar-refractivity contribution in [2.75, 3.05) is 19.4 Å². The van der Waals surface area contributed by atoms with Crippen LogP contribution in [0.15, 0.2) is 23.1 Å². The molecule has 0 aliphatic heterocycles. The van der Waals surface area contributed by atoms with Gasteiger partial charge in [-0.05, 0) is 24.6 Å². The van der Waals surface area contributed by atoms with E-state index in [-0.39, 0.29) is 4.90 Å². The van der Waals surface area contributed by atoms with Crippen molar-refractivity contribution in [3.63, 3.8) is 0 Å². The number of unbranched alkanes of at least 4 members (excludes halogenated alkanes) is 5. The second kappa shape index (κ2) is 8.89. The molecule has 0 spiro atoms. The number of nitrogens with one attached hydrogen (secondary N) is 1. The van der Waals surface area contributed by atoms with Crippen LogP contribution in [0.5, 0.6) is 5.75 Å². The number of hydrogen-bond donors (Lipinski definition) is 2. The molecule has 6 heteroatoms. The molecular weight excluding hydrogens is 288 g/mol. The van der Waals surface area contributed by atoms with E-state index >= 15 is 0 Å². The Morgan fingerprint density at radius 2 is 1.81 bits per heavy atom. The van der Waals surface area contributed by atoms with Crippen LogP contribution in [0.4, 0.5) is 5.69 Å². The monoisotopic (exact) mass is 314 g/mol. The molecule has 0 bridgehead atoms. The summed E-state index contributed by atoms with van der Waals surface area (Å²) in [5.41, 5.74) is 6.05. The molecule has 0 radical (unpaired) electrons. The molecule has 5 nitrogen and oxygen atoms in total. The Bertz CT molecular complexity index is 530. The van der Waals surface area contributed by atoms with Gasteiger partial charge in [-0.25, -0.2) is 13.1 Å². The van der Waals surface area contributed by atoms with Crippen molar-refractivity contribution < 1.29 is 13.2 Å². The summed E-state index contributed by atoms with van der Waals surface area (Å²) < 4.78 is 32.2. The van der Waals surface area contributed by atoms with Gasteiger partial charge < -0.3 is 10.5 Å². The summed E-state index contributed by atoms with van der Waals surface area (Å²) in [6.45, 7) is 2.61. The van der Waals surface area contributed by atoms with Gasteiger partial charge in [-0.15, -0.1) is 0 Å². The van der Waals surface area contributed by atoms with Crippen LogP contribution in [0, 0.1) is 0 Å². The first kappa shape index (κ1) is 17.8. The van der Waals surface area contributed by atoms with E-state index in [1.165, 1.54) is 32.4 Å². The average molecular weight is 314 g/mol. The molecule has 1 rings (SSSR count). The zero-order valence-electron chi connectivity index (χ0n) is 12.9. The van der Waals surface area contributed by atoms with Crippen LogP contribution in [-0.2, 0) is 10.0 Å². The number of ether oxygens (including phenoxy) is 1. The maximum atomic E-state index is 12.3. The Morgan fingerprint density at radius 3 is 2.48 bits per heavy atom. The zero-order chi connectivity index (χ0) is 15.7. The summed E-state index contributed by atoms with van der Waals surface area (Å²) in [5, 5.41) is 0. The average Bonchev–Trinajstić information content (AvgIpc) is 2.46. The van der Waals surface area contributed by atoms with Gasteiger partial charge in [-0.2, -0.15) is 0 Å². The highest BCUT2D eigenvalue weighted by Crippen LogP contribution is 2.25. The molecule has 120 valence electrons. The molecule has 0 saturated heterocycles. The van der Waals surface area contributed by atoms with Crippen molar-refractivity contribution in [2.45, 2.75) is 50.3 Å². The minimum atomic E-state index is -3.58. The summed E-state index contributed by atoms with van der Waals surface area (Å²) in [7, 11) is -2.14. The van der Waals surface area contributed by atoms with Gasteiger partial charge in [-0.1, -0.05) is 39.0 Å². The quantitative estimate of drug-likeness (QED) is 0.514. The molecule has 0 fully saturated rings. The molecule has 0 atom stereocenters. The van der Waals surface area contributed by atoms with Crippen molar-refractivity contribution in [1.82, 2.24) is 4.72 Å². The van der Waals surface area contributed by atoms with Gasteiger partial charge in [-0.3, -0.25) is 0 Å². The predicted octanol–water partition coefficient (Wildman–Crippen LogP) is 2.92. The minimum absolute atomic E-state index is 0.0935. The van der Waals surface area contributed by atoms with E-state index in [0.717, 1.165) is 19.3 Å². The topological polar surface area (TPSA) is 81.4 Å². The van der Waals surface area contributed by atoms with Crippen LogP contribution < -0.4 is 15.2 Å². The lowest BCUT2D eigenvalue weighted by Crippen LogP contribution is -2.25. The van der Waals surface area contributed by atoms with Crippen molar-refractivity contribution in [3.8, 4) is 5.75 Å². The number of benzene rings is 1. The van der Waals surface area contributed by atoms with Gasteiger partial charge in [0.05, 0.1) is 7.11 Å². The van der Waals surface area contributed by atoms with E-state index < -0.39 is 10.0 Å². The van der Waals surface area contributed by atoms with E-state index in [2.05, 4.69) is 11.6 Å². The zero-order valence-corrected chi connectivity index (χ0v) is 13.7. The molecule has 0 heterocycles. The lowest BCUT2D eigenvalue weighted by Gasteiger charge is -2.11. The van der Waals surface area contributed by atoms with Crippen LogP contribution in [-0.4, -0.2) is 22.1 Å². The first-order chi connectivity index (χ1) is 10.0. The van der Waals surface area contributed by atoms with Crippen molar-refractivity contribution in [3.05, 3.63) is 18.2 Å². The first-order valence-corrected chi connectivity index (χ1v) is 8.92. The van der Waals surface area contributed by atoms with Crippen LogP contribution >= 0.6 is 0 Å². The van der Waals surface area contributed by atoms with E-state index in [0.29, 0.717) is 18.0 Å². The summed E-state index contributed by atoms with van der Waals surface area (Å²) in [6.07, 6.45) is 6.70. The van der Waals surface area contributed by atoms with Gasteiger partial charge in [0.15, 0.2) is 0 Å². The Labute approximate surface area is 127 Å². The van der Waals surface area contributed by atoms with E-state index in [9.17, 15) is 8.42 Å². The Balaban J connectivity index is 2.52. The van der Waals surface area contributed by atoms with Gasteiger partial charge in [0.25, 0.3) is 0 Å². The molecular formula is C15H26N2O3S. The number of nitrogens with two attached hydrogens (primary N) is 1. The number of rotatable bonds is 10. The molecule has 21 heavy (non-hydrogen) atoms. The summed E-state index contributed by atoms with van der Waals surface area (Å²) >= 11 is 0. The second-order valence-corrected chi connectivity index (χ2v) is 6.81. The third kappa shape index (κ3) is 5.93. The van der Waals surface area contributed by atoms with Crippen LogP contribution in [0.25, 0.3) is 0 Å². The molecule has 0 amide bonds. The highest BCUT2D eigenvalue weighted by Gasteiger charge is 2.19. The number of sulfonamides is 1. The van der Waals surface area contributed by atoms with Gasteiger partial charge in [0.1, 0.15) is 10.6 Å². The summed E-state index contributed by atoms with van der Waals surface area (Å²) in [4.78, 5) is 0.0935. The Morgan fingerprint density at radius 1 is 1.14 bits per heavy atom. The minimum Gasteiger partial charge on any atom is -0.495 e. The SMILES string of the molecule is CCCCCCCCNS(=O)(=O)c1cc(N)ccc1OC. The second-order valence-electron chi connectivity index (χ2n) is 5.08. The van der Waals surface area contributed by atoms with Crippen molar-refractivity contribution in [2.24, 2.45) is 0 Å². The van der Waals surface area contributed by atoms with Crippen molar-refractivity contribution in [1.29, 1.82) is 0 Å². The first-order valence-electron chi connectivity index (χ1n) is 7.44. The lowest BCUT2D eigenvalue weighted by molar-refractivity contribution is 0.402. The fourth-order valence-corrected chi connectivity index (χ4v) is 3.37. The maximum Gasteiger partial charge on any atom is 0.244 e. The summed E-state index contributed by atoms with van der Waals surface area (Å²) in [5.74, 6) is 0.305. The van der Waals surface area contributed by atoms with Crippen LogP contribution in [0.1, 0.15) is 45.4 Å². The fourth-order valence-electron chi connectivity index (χ4n) is 2.09. The normalized spacial score (nSPS) is 11.5. The highest BCUT2D eigenvalue weighted by atomic mass is 32.2. The number of anilines is 1. The van der Waals surface area contributed by atoms with E-state index in [1.54, 1.807) is 12.1 Å². The smallest absolute Gasteiger partial charge is 0.244 e. The van der Waals surface area contributed by atoms with Crippen molar-refractivity contribution >= 4 is 15.7 Å². The highest BCUT2D eigenvalue weighted by molar-refractivity contribution is 7.89. The van der Waals surface area contributed by atoms with E-state index in [1.807, 2.05) is 0 Å². The predicted molar refractivity (Wildman–Crippen MR) is 86.0 cm³/mol. The number of nitrogen functional groups attached to an aromatic ring is 1. The summed E-state index contributed by atoms with van der Waals surface area (Å²) in [6, 6.07) is 4.60. The molecule has 0 saturated carbocycles. The molecule has 0 aliphatic rings.